The van der Waals surface area contributed by atoms with Gasteiger partial charge in [-0.2, -0.15) is 25.0 Å². The average Bonchev–Trinajstić information content (AvgIpc) is 1.64. The standard InChI is InChI=1S/C22H27N9O2S.C21H25N9OS.C20H19N7O2S.C15H16N8OS/c1-13-25-17-20(32)29(3)15-12-24-22(27-19(15)30(4)21(17)34-13)26-18-16(33-5)10-14(11-23-18)31-8-6-28(2)7-9-31;1-13-24-17-19(31)28(3)15-12-23-21(26-18(15)29(4)20(17)32-13)25-16-6-5-14(11-22-16)30-9-7-27(2)8-10-30;1-10-22-16-18(29)26(2)14-9-21-20(25-17(14)27(3)19(16)30-10)23-12-5-6-13-11(8-12)4-7-15(28)24-13;1-8-18-11-13(24)22(3)10-6-16-15(19-9-5-17-21(2)7-9)20-12(10)23(4)14(11)25-8/h10-12H,6-9H2,1-5H3,(H,23,24,26,27);5-6,11-12H,7-10H2,1-4H3,(H,22,23,25,26);5-6,8-9H,4,7H2,1-3H3,(H,24,28)(H,21,23,25);5-7H,1-4H3,(H,16,19,20). The Balaban J connectivity index is 0.000000121. The number of thiazole rings is 4. The first kappa shape index (κ1) is 81.4. The second kappa shape index (κ2) is 33.4. The molecule has 0 spiro atoms. The van der Waals surface area contributed by atoms with E-state index < -0.39 is 0 Å². The number of rotatable bonds is 11. The quantitative estimate of drug-likeness (QED) is 0.0803. The molecule has 0 bridgehead atoms. The molecule has 19 rings (SSSR count). The molecule has 1 aromatic carbocycles. The fraction of sp³-hybridized carbons (Fsp3) is 0.333. The number of fused-ring (bicyclic) bond motifs is 9. The Hall–Kier alpha value is -13.4. The van der Waals surface area contributed by atoms with Gasteiger partial charge < -0.3 is 90.1 Å². The minimum absolute atomic E-state index is 0.0386. The zero-order valence-corrected chi connectivity index (χ0v) is 72.5. The Morgan fingerprint density at radius 1 is 0.388 bits per heavy atom. The molecule has 5 amide bonds. The van der Waals surface area contributed by atoms with E-state index in [0.717, 1.165) is 126 Å². The molecule has 624 valence electrons. The van der Waals surface area contributed by atoms with Gasteiger partial charge in [0.05, 0.1) is 87.6 Å². The highest BCUT2D eigenvalue weighted by Gasteiger charge is 2.38. The Bertz CT molecular complexity index is 6010. The number of carbonyl (C=O) groups is 5. The van der Waals surface area contributed by atoms with Gasteiger partial charge in [0.2, 0.25) is 29.7 Å². The zero-order chi connectivity index (χ0) is 85.1. The number of nitrogens with zero attached hydrogens (tertiary/aromatic N) is 28. The van der Waals surface area contributed by atoms with Crippen molar-refractivity contribution in [3.8, 4) is 5.75 Å². The lowest BCUT2D eigenvalue weighted by Crippen LogP contribution is -2.44. The molecule has 2 saturated heterocycles. The van der Waals surface area contributed by atoms with E-state index in [-0.39, 0.29) is 29.5 Å². The molecule has 43 heteroatoms. The van der Waals surface area contributed by atoms with Gasteiger partial charge >= 0.3 is 0 Å². The number of amides is 5. The number of benzene rings is 1. The molecule has 0 radical (unpaired) electrons. The number of likely N-dealkylation sites (N-methyl/N-ethyl adjacent to an activating group) is 2. The first-order valence-electron chi connectivity index (χ1n) is 38.4. The lowest BCUT2D eigenvalue weighted by molar-refractivity contribution is -0.116. The van der Waals surface area contributed by atoms with Crippen LogP contribution in [-0.2, 0) is 18.3 Å². The summed E-state index contributed by atoms with van der Waals surface area (Å²) in [5.74, 6) is 5.26. The summed E-state index contributed by atoms with van der Waals surface area (Å²) >= 11 is 5.86. The van der Waals surface area contributed by atoms with Gasteiger partial charge in [0.1, 0.15) is 48.6 Å². The van der Waals surface area contributed by atoms with Crippen LogP contribution in [-0.4, -0.2) is 249 Å². The molecule has 11 aromatic heterocycles. The first-order valence-corrected chi connectivity index (χ1v) is 41.7. The van der Waals surface area contributed by atoms with Crippen LogP contribution in [0.2, 0.25) is 0 Å². The van der Waals surface area contributed by atoms with Crippen LogP contribution in [0.3, 0.4) is 0 Å². The summed E-state index contributed by atoms with van der Waals surface area (Å²) < 4.78 is 7.31. The fourth-order valence-electron chi connectivity index (χ4n) is 14.3. The third kappa shape index (κ3) is 16.4. The lowest BCUT2D eigenvalue weighted by atomic mass is 10.0. The smallest absolute Gasteiger partial charge is 0.279 e. The molecular weight excluding hydrogens is 1620 g/mol. The van der Waals surface area contributed by atoms with Crippen molar-refractivity contribution in [1.29, 1.82) is 0 Å². The topological polar surface area (TPSA) is 392 Å². The highest BCUT2D eigenvalue weighted by molar-refractivity contribution is 7.17. The van der Waals surface area contributed by atoms with Crippen LogP contribution in [0.1, 0.15) is 74.0 Å². The van der Waals surface area contributed by atoms with Gasteiger partial charge in [-0.25, -0.2) is 49.8 Å². The maximum Gasteiger partial charge on any atom is 0.279 e. The fourth-order valence-corrected chi connectivity index (χ4v) is 17.8. The largest absolute Gasteiger partial charge is 0.493 e. The second-order valence-electron chi connectivity index (χ2n) is 29.4. The first-order chi connectivity index (χ1) is 58.1. The van der Waals surface area contributed by atoms with Crippen LogP contribution in [0.4, 0.5) is 130 Å². The minimum Gasteiger partial charge on any atom is -0.493 e. The number of aryl methyl sites for hydroxylation is 6. The summed E-state index contributed by atoms with van der Waals surface area (Å²) in [6.07, 6.45) is 15.0. The summed E-state index contributed by atoms with van der Waals surface area (Å²) in [5, 5.41) is 26.1. The van der Waals surface area contributed by atoms with Gasteiger partial charge in [-0.1, -0.05) is 0 Å². The van der Waals surface area contributed by atoms with Gasteiger partial charge in [0, 0.05) is 146 Å². The molecular formula is C78H87N33O6S4. The summed E-state index contributed by atoms with van der Waals surface area (Å²) in [6.45, 7) is 15.6. The summed E-state index contributed by atoms with van der Waals surface area (Å²) in [7, 11) is 22.1. The van der Waals surface area contributed by atoms with Crippen LogP contribution in [0.25, 0.3) is 0 Å². The Kier molecular flexibility index (Phi) is 22.5. The number of aromatic nitrogens is 16. The van der Waals surface area contributed by atoms with Gasteiger partial charge in [0.25, 0.3) is 23.6 Å². The molecule has 18 heterocycles. The van der Waals surface area contributed by atoms with Crippen LogP contribution < -0.4 is 80.3 Å². The van der Waals surface area contributed by atoms with Crippen molar-refractivity contribution in [2.75, 3.05) is 206 Å². The molecule has 12 aromatic rings. The van der Waals surface area contributed by atoms with E-state index >= 15 is 0 Å². The summed E-state index contributed by atoms with van der Waals surface area (Å²) in [6, 6.07) is 11.7. The average molecular weight is 1710 g/mol. The number of hydrogen-bond donors (Lipinski definition) is 5. The van der Waals surface area contributed by atoms with E-state index in [1.165, 1.54) is 60.0 Å². The molecule has 0 saturated carbocycles. The molecule has 7 aliphatic rings. The molecule has 0 atom stereocenters. The number of piperazine rings is 2. The van der Waals surface area contributed by atoms with E-state index in [1.807, 2.05) is 131 Å². The number of pyridine rings is 2. The minimum atomic E-state index is -0.183. The predicted octanol–water partition coefficient (Wildman–Crippen LogP) is 10.3. The van der Waals surface area contributed by atoms with E-state index in [2.05, 4.69) is 131 Å². The van der Waals surface area contributed by atoms with E-state index in [4.69, 9.17) is 14.7 Å². The number of carbonyl (C=O) groups excluding carboxylic acids is 5. The summed E-state index contributed by atoms with van der Waals surface area (Å²) in [4.78, 5) is 149. The van der Waals surface area contributed by atoms with Crippen molar-refractivity contribution >= 4 is 205 Å². The molecule has 121 heavy (non-hydrogen) atoms. The Morgan fingerprint density at radius 3 is 1.18 bits per heavy atom. The normalized spacial score (nSPS) is 15.5. The third-order valence-electron chi connectivity index (χ3n) is 21.1. The van der Waals surface area contributed by atoms with Crippen LogP contribution >= 0.6 is 45.3 Å². The van der Waals surface area contributed by atoms with E-state index in [1.54, 1.807) is 75.9 Å². The molecule has 7 aliphatic heterocycles. The predicted molar refractivity (Wildman–Crippen MR) is 473 cm³/mol. The zero-order valence-electron chi connectivity index (χ0n) is 69.3. The van der Waals surface area contributed by atoms with E-state index in [9.17, 15) is 24.0 Å². The second-order valence-corrected chi connectivity index (χ2v) is 34.1. The van der Waals surface area contributed by atoms with Crippen molar-refractivity contribution in [2.45, 2.75) is 40.5 Å². The van der Waals surface area contributed by atoms with Crippen molar-refractivity contribution in [1.82, 2.24) is 89.4 Å². The number of nitrogens with one attached hydrogen (secondary N) is 5. The van der Waals surface area contributed by atoms with Crippen molar-refractivity contribution in [3.63, 3.8) is 0 Å². The number of ether oxygens (including phenoxy) is 1. The van der Waals surface area contributed by atoms with Crippen LogP contribution in [0.15, 0.2) is 86.0 Å². The molecule has 5 N–H and O–H groups in total. The van der Waals surface area contributed by atoms with Crippen molar-refractivity contribution in [2.24, 2.45) is 7.05 Å². The SMILES string of the molecule is COc1cc(N2CCN(C)CC2)cnc1Nc1ncc2c(n1)N(C)c1sc(C)nc1C(=O)N2C.Cc1nc2c(s1)N(C)c1nc(Nc3ccc(N4CCN(C)CC4)cn3)ncc1N(C)C2=O.Cc1nc2c(s1)N(C)c1nc(Nc3ccc4c(c3)CCC(=O)N4)ncc1N(C)C2=O.Cc1nc2c(s1)N(C)c1nc(Nc3cnn(C)c3)ncc1N(C)C2=O. The number of hydrogen-bond acceptors (Lipinski definition) is 37. The number of methoxy groups -OCH3 is 1. The molecule has 2 fully saturated rings. The molecule has 0 aliphatic carbocycles. The van der Waals surface area contributed by atoms with Gasteiger partial charge in [-0.3, -0.25) is 28.7 Å². The highest BCUT2D eigenvalue weighted by atomic mass is 32.1. The van der Waals surface area contributed by atoms with Crippen LogP contribution in [0.5, 0.6) is 5.75 Å². The number of anilines is 23. The van der Waals surface area contributed by atoms with Gasteiger partial charge in [-0.05, 0) is 84.1 Å². The van der Waals surface area contributed by atoms with Crippen LogP contribution in [0, 0.1) is 27.7 Å². The van der Waals surface area contributed by atoms with Crippen molar-refractivity contribution in [3.05, 3.63) is 134 Å². The Labute approximate surface area is 711 Å². The maximum absolute atomic E-state index is 12.9. The third-order valence-corrected chi connectivity index (χ3v) is 25.2. The summed E-state index contributed by atoms with van der Waals surface area (Å²) in [5.41, 5.74) is 9.86. The monoisotopic (exact) mass is 1710 g/mol. The molecule has 39 nitrogen and oxygen atoms in total. The maximum atomic E-state index is 12.9. The highest BCUT2D eigenvalue weighted by Crippen LogP contribution is 2.47. The van der Waals surface area contributed by atoms with Crippen molar-refractivity contribution < 1.29 is 28.7 Å². The van der Waals surface area contributed by atoms with Gasteiger partial charge in [0.15, 0.2) is 57.6 Å². The molecule has 0 unspecified atom stereocenters. The Morgan fingerprint density at radius 2 is 0.785 bits per heavy atom. The lowest BCUT2D eigenvalue weighted by Gasteiger charge is -2.34. The van der Waals surface area contributed by atoms with Gasteiger partial charge in [-0.15, -0.1) is 45.3 Å². The van der Waals surface area contributed by atoms with E-state index in [0.29, 0.717) is 123 Å².